The van der Waals surface area contributed by atoms with E-state index in [2.05, 4.69) is 15.0 Å². The minimum absolute atomic E-state index is 0.0798. The number of aromatic nitrogens is 3. The van der Waals surface area contributed by atoms with Gasteiger partial charge in [0.2, 0.25) is 0 Å². The number of ketones is 2. The normalized spacial score (nSPS) is 14.0. The summed E-state index contributed by atoms with van der Waals surface area (Å²) in [4.78, 5) is 37.4. The number of rotatable bonds is 6. The molecule has 1 heterocycles. The van der Waals surface area contributed by atoms with Crippen molar-refractivity contribution in [1.82, 2.24) is 15.0 Å². The van der Waals surface area contributed by atoms with E-state index in [0.717, 1.165) is 5.01 Å². The second-order valence-corrected chi connectivity index (χ2v) is 7.37. The van der Waals surface area contributed by atoms with Crippen molar-refractivity contribution in [2.24, 2.45) is 5.73 Å². The summed E-state index contributed by atoms with van der Waals surface area (Å²) in [6.07, 6.45) is 0.776. The molecular formula is C22H23N6O4+. The van der Waals surface area contributed by atoms with Crippen LogP contribution in [0.2, 0.25) is 0 Å². The fourth-order valence-corrected chi connectivity index (χ4v) is 3.71. The molecule has 0 amide bonds. The Hall–Kier alpha value is -3.57. The minimum Gasteiger partial charge on any atom is -0.307 e. The third kappa shape index (κ3) is 3.45. The molecule has 164 valence electrons. The molecule has 32 heavy (non-hydrogen) atoms. The van der Waals surface area contributed by atoms with Gasteiger partial charge in [-0.3, -0.25) is 9.59 Å². The Labute approximate surface area is 184 Å². The monoisotopic (exact) mass is 435 g/mol. The van der Waals surface area contributed by atoms with Crippen LogP contribution >= 0.6 is 0 Å². The van der Waals surface area contributed by atoms with Crippen molar-refractivity contribution in [1.29, 1.82) is 0 Å². The third-order valence-electron chi connectivity index (χ3n) is 5.46. The lowest BCUT2D eigenvalue weighted by molar-refractivity contribution is -1.25. The number of benzene rings is 2. The Morgan fingerprint density at radius 2 is 1.56 bits per heavy atom. The summed E-state index contributed by atoms with van der Waals surface area (Å²) in [5.41, 5.74) is 7.56. The van der Waals surface area contributed by atoms with E-state index in [1.54, 1.807) is 56.3 Å². The smallest absolute Gasteiger partial charge is 0.283 e. The summed E-state index contributed by atoms with van der Waals surface area (Å²) in [6, 6.07) is 11.5. The van der Waals surface area contributed by atoms with Crippen LogP contribution in [0.4, 0.5) is 5.95 Å². The molecule has 2 aromatic carbocycles. The van der Waals surface area contributed by atoms with E-state index in [9.17, 15) is 20.0 Å². The Morgan fingerprint density at radius 3 is 2.22 bits per heavy atom. The lowest BCUT2D eigenvalue weighted by Gasteiger charge is -2.34. The van der Waals surface area contributed by atoms with Gasteiger partial charge in [-0.15, -0.1) is 5.01 Å². The standard InChI is InChI=1S/C22H23N6O4/c1-3-17(23)27(28(31,32)4-2)22-25-12-24-21(26-22)16-11-7-10-15-18(16)20(30)14-9-6-5-8-13(14)19(15)29/h5-12,17,31-32H,3-4,23H2,1-2H3/q+1. The number of quaternary nitrogens is 1. The Morgan fingerprint density at radius 1 is 0.938 bits per heavy atom. The number of fused-ring (bicyclic) bond motifs is 2. The summed E-state index contributed by atoms with van der Waals surface area (Å²) in [6.45, 7) is 3.23. The topological polar surface area (TPSA) is 143 Å². The maximum Gasteiger partial charge on any atom is 0.283 e. The van der Waals surface area contributed by atoms with Crippen molar-refractivity contribution in [3.63, 3.8) is 0 Å². The third-order valence-corrected chi connectivity index (χ3v) is 5.46. The molecule has 0 saturated carbocycles. The van der Waals surface area contributed by atoms with Crippen molar-refractivity contribution in [3.05, 3.63) is 71.0 Å². The molecule has 1 atom stereocenters. The number of hydrogen-bond donors (Lipinski definition) is 3. The molecule has 1 unspecified atom stereocenters. The largest absolute Gasteiger partial charge is 0.307 e. The number of carbonyl (C=O) groups excluding carboxylic acids is 2. The van der Waals surface area contributed by atoms with E-state index in [-0.39, 0.29) is 41.0 Å². The molecule has 0 radical (unpaired) electrons. The van der Waals surface area contributed by atoms with E-state index in [1.807, 2.05) is 0 Å². The average molecular weight is 435 g/mol. The Balaban J connectivity index is 1.87. The lowest BCUT2D eigenvalue weighted by atomic mass is 9.82. The maximum absolute atomic E-state index is 13.3. The van der Waals surface area contributed by atoms with Gasteiger partial charge in [0.05, 0.1) is 4.92 Å². The van der Waals surface area contributed by atoms with Crippen LogP contribution in [0.1, 0.15) is 52.1 Å². The maximum atomic E-state index is 13.3. The number of anilines is 1. The Bertz CT molecular complexity index is 1210. The van der Waals surface area contributed by atoms with E-state index >= 15 is 0 Å². The minimum atomic E-state index is -1.55. The fraction of sp³-hybridized carbons (Fsp3) is 0.227. The van der Waals surface area contributed by atoms with Gasteiger partial charge in [-0.2, -0.15) is 20.4 Å². The van der Waals surface area contributed by atoms with Crippen molar-refractivity contribution in [2.45, 2.75) is 26.4 Å². The molecule has 0 saturated heterocycles. The summed E-state index contributed by atoms with van der Waals surface area (Å²) in [7, 11) is 0. The van der Waals surface area contributed by atoms with Gasteiger partial charge in [0.15, 0.2) is 23.9 Å². The van der Waals surface area contributed by atoms with Gasteiger partial charge in [-0.05, 0) is 13.3 Å². The molecule has 4 rings (SSSR count). The molecule has 3 aromatic rings. The average Bonchev–Trinajstić information content (AvgIpc) is 2.82. The number of nitrogens with zero attached hydrogens (tertiary/aromatic N) is 5. The van der Waals surface area contributed by atoms with E-state index in [4.69, 9.17) is 5.73 Å². The molecule has 10 heteroatoms. The van der Waals surface area contributed by atoms with E-state index in [0.29, 0.717) is 23.1 Å². The lowest BCUT2D eigenvalue weighted by Crippen LogP contribution is -2.63. The zero-order valence-electron chi connectivity index (χ0n) is 17.6. The van der Waals surface area contributed by atoms with Gasteiger partial charge in [0.25, 0.3) is 5.95 Å². The summed E-state index contributed by atoms with van der Waals surface area (Å²) >= 11 is 0. The molecule has 1 aliphatic rings. The molecular weight excluding hydrogens is 412 g/mol. The highest BCUT2D eigenvalue weighted by Gasteiger charge is 2.39. The second-order valence-electron chi connectivity index (χ2n) is 7.37. The van der Waals surface area contributed by atoms with Crippen LogP contribution in [0.3, 0.4) is 0 Å². The zero-order chi connectivity index (χ0) is 23.0. The van der Waals surface area contributed by atoms with E-state index in [1.165, 1.54) is 6.33 Å². The molecule has 0 fully saturated rings. The van der Waals surface area contributed by atoms with Crippen molar-refractivity contribution < 1.29 is 24.9 Å². The van der Waals surface area contributed by atoms with Crippen LogP contribution in [-0.4, -0.2) is 54.6 Å². The van der Waals surface area contributed by atoms with E-state index < -0.39 is 11.1 Å². The van der Waals surface area contributed by atoms with Gasteiger partial charge < -0.3 is 5.73 Å². The number of nitrogens with two attached hydrogens (primary N) is 1. The number of hydroxylamine groups is 2. The summed E-state index contributed by atoms with van der Waals surface area (Å²) < 4.78 is 0. The number of hydrogen-bond acceptors (Lipinski definition) is 9. The molecule has 10 nitrogen and oxygen atoms in total. The molecule has 1 aromatic heterocycles. The molecule has 0 bridgehead atoms. The van der Waals surface area contributed by atoms with Crippen LogP contribution in [0.5, 0.6) is 0 Å². The van der Waals surface area contributed by atoms with Crippen LogP contribution in [0.25, 0.3) is 11.4 Å². The Kier molecular flexibility index (Phi) is 5.53. The molecule has 0 aliphatic heterocycles. The number of carbonyl (C=O) groups is 2. The van der Waals surface area contributed by atoms with Gasteiger partial charge >= 0.3 is 0 Å². The highest BCUT2D eigenvalue weighted by Crippen LogP contribution is 2.33. The van der Waals surface area contributed by atoms with Crippen LogP contribution in [0, 0.1) is 0 Å². The predicted octanol–water partition coefficient (Wildman–Crippen LogP) is 2.35. The SMILES string of the molecule is CCC(N)N(c1ncnc(-c2cccc3c2C(=O)c2ccccc2C3=O)n1)[N+](O)(O)CC. The highest BCUT2D eigenvalue weighted by atomic mass is 16.9. The van der Waals surface area contributed by atoms with Crippen LogP contribution in [-0.2, 0) is 0 Å². The van der Waals surface area contributed by atoms with Gasteiger partial charge in [-0.1, -0.05) is 49.4 Å². The molecule has 0 spiro atoms. The van der Waals surface area contributed by atoms with Crippen molar-refractivity contribution in [2.75, 3.05) is 11.6 Å². The fourth-order valence-electron chi connectivity index (χ4n) is 3.71. The molecule has 1 aliphatic carbocycles. The summed E-state index contributed by atoms with van der Waals surface area (Å²) in [5.74, 6) is -0.535. The van der Waals surface area contributed by atoms with Gasteiger partial charge in [0, 0.05) is 27.8 Å². The second kappa shape index (κ2) is 8.17. The zero-order valence-corrected chi connectivity index (χ0v) is 17.6. The first-order valence-corrected chi connectivity index (χ1v) is 10.2. The van der Waals surface area contributed by atoms with Crippen molar-refractivity contribution in [3.8, 4) is 11.4 Å². The molecule has 4 N–H and O–H groups in total. The first kappa shape index (κ1) is 21.7. The van der Waals surface area contributed by atoms with Crippen molar-refractivity contribution >= 4 is 17.5 Å². The van der Waals surface area contributed by atoms with Crippen LogP contribution in [0.15, 0.2) is 48.8 Å². The highest BCUT2D eigenvalue weighted by molar-refractivity contribution is 6.30. The first-order valence-electron chi connectivity index (χ1n) is 10.2. The first-order chi connectivity index (χ1) is 15.3. The van der Waals surface area contributed by atoms with Gasteiger partial charge in [-0.25, -0.2) is 4.98 Å². The predicted molar refractivity (Wildman–Crippen MR) is 114 cm³/mol. The van der Waals surface area contributed by atoms with Gasteiger partial charge in [0.1, 0.15) is 12.5 Å². The van der Waals surface area contributed by atoms with Crippen LogP contribution < -0.4 is 10.7 Å². The summed E-state index contributed by atoms with van der Waals surface area (Å²) in [5, 5.41) is 21.9. The quantitative estimate of drug-likeness (QED) is 0.236.